The van der Waals surface area contributed by atoms with Gasteiger partial charge in [-0.05, 0) is 19.3 Å². The van der Waals surface area contributed by atoms with E-state index in [1.807, 2.05) is 0 Å². The van der Waals surface area contributed by atoms with Crippen molar-refractivity contribution in [2.45, 2.75) is 19.3 Å². The Morgan fingerprint density at radius 2 is 1.23 bits per heavy atom. The van der Waals surface area contributed by atoms with Crippen LogP contribution in [0, 0.1) is 10.8 Å². The molecule has 0 aliphatic heterocycles. The Morgan fingerprint density at radius 1 is 0.923 bits per heavy atom. The monoisotopic (exact) mass is 184 g/mol. The first kappa shape index (κ1) is 8.53. The van der Waals surface area contributed by atoms with E-state index in [0.29, 0.717) is 19.3 Å². The molecule has 4 nitrogen and oxygen atoms in total. The molecule has 3 aliphatic carbocycles. The molecule has 0 radical (unpaired) electrons. The van der Waals surface area contributed by atoms with Crippen molar-refractivity contribution in [2.75, 3.05) is 14.2 Å². The quantitative estimate of drug-likeness (QED) is 0.586. The van der Waals surface area contributed by atoms with Gasteiger partial charge in [-0.3, -0.25) is 9.59 Å². The molecule has 3 aliphatic rings. The SMILES string of the molecule is COC(=O)C12CC(C(=O)OC)(C1)C2. The van der Waals surface area contributed by atoms with Crippen molar-refractivity contribution in [1.82, 2.24) is 0 Å². The van der Waals surface area contributed by atoms with Crippen molar-refractivity contribution < 1.29 is 19.1 Å². The fraction of sp³-hybridized carbons (Fsp3) is 0.778. The highest BCUT2D eigenvalue weighted by Crippen LogP contribution is 2.74. The first-order chi connectivity index (χ1) is 6.08. The molecule has 0 aromatic heterocycles. The van der Waals surface area contributed by atoms with Crippen molar-refractivity contribution in [3.8, 4) is 0 Å². The summed E-state index contributed by atoms with van der Waals surface area (Å²) in [5.41, 5.74) is -0.689. The number of carbonyl (C=O) groups excluding carboxylic acids is 2. The Hall–Kier alpha value is -1.06. The van der Waals surface area contributed by atoms with E-state index in [9.17, 15) is 9.59 Å². The Morgan fingerprint density at radius 3 is 1.46 bits per heavy atom. The summed E-state index contributed by atoms with van der Waals surface area (Å²) in [6.45, 7) is 0. The van der Waals surface area contributed by atoms with Crippen molar-refractivity contribution in [2.24, 2.45) is 10.8 Å². The molecule has 2 bridgehead atoms. The van der Waals surface area contributed by atoms with Gasteiger partial charge in [-0.15, -0.1) is 0 Å². The van der Waals surface area contributed by atoms with Crippen molar-refractivity contribution >= 4 is 11.9 Å². The van der Waals surface area contributed by atoms with Crippen LogP contribution >= 0.6 is 0 Å². The first-order valence-electron chi connectivity index (χ1n) is 4.25. The summed E-state index contributed by atoms with van der Waals surface area (Å²) < 4.78 is 9.32. The predicted molar refractivity (Wildman–Crippen MR) is 42.7 cm³/mol. The van der Waals surface area contributed by atoms with Gasteiger partial charge in [0, 0.05) is 0 Å². The van der Waals surface area contributed by atoms with Crippen LogP contribution in [0.5, 0.6) is 0 Å². The molecule has 4 heteroatoms. The summed E-state index contributed by atoms with van der Waals surface area (Å²) in [5, 5.41) is 0. The maximum Gasteiger partial charge on any atom is 0.311 e. The molecule has 0 aromatic rings. The summed E-state index contributed by atoms with van der Waals surface area (Å²) in [5.74, 6) is -0.364. The van der Waals surface area contributed by atoms with Gasteiger partial charge in [0.25, 0.3) is 0 Å². The zero-order valence-electron chi connectivity index (χ0n) is 7.75. The molecule has 0 unspecified atom stereocenters. The zero-order valence-corrected chi connectivity index (χ0v) is 7.75. The van der Waals surface area contributed by atoms with E-state index in [1.165, 1.54) is 14.2 Å². The number of ether oxygens (including phenoxy) is 2. The number of rotatable bonds is 2. The minimum absolute atomic E-state index is 0.182. The molecule has 0 heterocycles. The highest BCUT2D eigenvalue weighted by molar-refractivity contribution is 5.91. The number of hydrogen-bond donors (Lipinski definition) is 0. The van der Waals surface area contributed by atoms with E-state index in [2.05, 4.69) is 9.47 Å². The van der Waals surface area contributed by atoms with E-state index < -0.39 is 0 Å². The summed E-state index contributed by atoms with van der Waals surface area (Å²) >= 11 is 0. The third-order valence-corrected chi connectivity index (χ3v) is 3.27. The highest BCUT2D eigenvalue weighted by Gasteiger charge is 2.76. The fourth-order valence-electron chi connectivity index (χ4n) is 2.65. The molecule has 13 heavy (non-hydrogen) atoms. The van der Waals surface area contributed by atoms with Crippen molar-refractivity contribution in [3.05, 3.63) is 0 Å². The standard InChI is InChI=1S/C9H12O4/c1-12-6(10)8-3-9(4-8,5-8)7(11)13-2/h3-5H2,1-2H3. The van der Waals surface area contributed by atoms with Crippen LogP contribution in [-0.4, -0.2) is 26.2 Å². The van der Waals surface area contributed by atoms with Gasteiger partial charge in [-0.2, -0.15) is 0 Å². The second kappa shape index (κ2) is 2.25. The lowest BCUT2D eigenvalue weighted by Crippen LogP contribution is -2.69. The van der Waals surface area contributed by atoms with Gasteiger partial charge in [0.2, 0.25) is 0 Å². The number of hydrogen-bond acceptors (Lipinski definition) is 4. The largest absolute Gasteiger partial charge is 0.469 e. The summed E-state index contributed by atoms with van der Waals surface area (Å²) in [6.07, 6.45) is 1.83. The van der Waals surface area contributed by atoms with Crippen LogP contribution in [0.15, 0.2) is 0 Å². The molecule has 0 amide bonds. The second-order valence-electron chi connectivity index (χ2n) is 4.07. The van der Waals surface area contributed by atoms with Gasteiger partial charge >= 0.3 is 11.9 Å². The average molecular weight is 184 g/mol. The molecule has 0 N–H and O–H groups in total. The molecule has 0 spiro atoms. The van der Waals surface area contributed by atoms with Gasteiger partial charge in [-0.25, -0.2) is 0 Å². The van der Waals surface area contributed by atoms with E-state index in [-0.39, 0.29) is 22.8 Å². The third-order valence-electron chi connectivity index (χ3n) is 3.27. The van der Waals surface area contributed by atoms with Crippen LogP contribution in [-0.2, 0) is 19.1 Å². The van der Waals surface area contributed by atoms with Crippen LogP contribution in [0.4, 0.5) is 0 Å². The van der Waals surface area contributed by atoms with Gasteiger partial charge in [0.1, 0.15) is 0 Å². The molecular weight excluding hydrogens is 172 g/mol. The van der Waals surface area contributed by atoms with Crippen molar-refractivity contribution in [1.29, 1.82) is 0 Å². The number of carbonyl (C=O) groups is 2. The number of esters is 2. The molecule has 3 fully saturated rings. The van der Waals surface area contributed by atoms with Gasteiger partial charge < -0.3 is 9.47 Å². The molecular formula is C9H12O4. The van der Waals surface area contributed by atoms with Crippen LogP contribution in [0.1, 0.15) is 19.3 Å². The minimum atomic E-state index is -0.344. The lowest BCUT2D eigenvalue weighted by Gasteiger charge is -2.66. The second-order valence-corrected chi connectivity index (χ2v) is 4.07. The maximum absolute atomic E-state index is 11.2. The van der Waals surface area contributed by atoms with Crippen LogP contribution in [0.3, 0.4) is 0 Å². The number of methoxy groups -OCH3 is 2. The Balaban J connectivity index is 2.00. The van der Waals surface area contributed by atoms with E-state index in [4.69, 9.17) is 0 Å². The van der Waals surface area contributed by atoms with E-state index in [1.54, 1.807) is 0 Å². The molecule has 3 saturated carbocycles. The Kier molecular flexibility index (Phi) is 1.47. The lowest BCUT2D eigenvalue weighted by molar-refractivity contribution is -0.234. The summed E-state index contributed by atoms with van der Waals surface area (Å²) in [6, 6.07) is 0. The normalized spacial score (nSPS) is 39.8. The fourth-order valence-corrected chi connectivity index (χ4v) is 2.65. The lowest BCUT2D eigenvalue weighted by atomic mass is 9.35. The molecule has 3 rings (SSSR count). The summed E-state index contributed by atoms with van der Waals surface area (Å²) in [4.78, 5) is 22.5. The molecule has 72 valence electrons. The molecule has 0 atom stereocenters. The van der Waals surface area contributed by atoms with Gasteiger partial charge in [0.15, 0.2) is 0 Å². The molecule has 0 saturated heterocycles. The smallest absolute Gasteiger partial charge is 0.311 e. The molecule has 0 aromatic carbocycles. The predicted octanol–water partition coefficient (Wildman–Crippen LogP) is 0.503. The Bertz CT molecular complexity index is 236. The van der Waals surface area contributed by atoms with Crippen LogP contribution < -0.4 is 0 Å². The zero-order chi connectivity index (χ0) is 9.69. The average Bonchev–Trinajstić information content (AvgIpc) is 1.98. The first-order valence-corrected chi connectivity index (χ1v) is 4.25. The van der Waals surface area contributed by atoms with Crippen molar-refractivity contribution in [3.63, 3.8) is 0 Å². The van der Waals surface area contributed by atoms with Crippen LogP contribution in [0.25, 0.3) is 0 Å². The maximum atomic E-state index is 11.2. The van der Waals surface area contributed by atoms with Gasteiger partial charge in [-0.1, -0.05) is 0 Å². The highest BCUT2D eigenvalue weighted by atomic mass is 16.5. The third kappa shape index (κ3) is 0.806. The Labute approximate surface area is 76.2 Å². The minimum Gasteiger partial charge on any atom is -0.469 e. The van der Waals surface area contributed by atoms with Crippen LogP contribution in [0.2, 0.25) is 0 Å². The van der Waals surface area contributed by atoms with E-state index in [0.717, 1.165) is 0 Å². The topological polar surface area (TPSA) is 52.6 Å². The van der Waals surface area contributed by atoms with E-state index >= 15 is 0 Å². The summed E-state index contributed by atoms with van der Waals surface area (Å²) in [7, 11) is 2.76. The van der Waals surface area contributed by atoms with Gasteiger partial charge in [0.05, 0.1) is 25.0 Å².